The van der Waals surface area contributed by atoms with Crippen LogP contribution in [0.1, 0.15) is 22.8 Å². The Morgan fingerprint density at radius 2 is 2.00 bits per heavy atom. The zero-order chi connectivity index (χ0) is 16.7. The van der Waals surface area contributed by atoms with Crippen LogP contribution < -0.4 is 9.47 Å². The van der Waals surface area contributed by atoms with E-state index in [4.69, 9.17) is 14.2 Å². The second-order valence-electron chi connectivity index (χ2n) is 4.43. The number of esters is 1. The molecular formula is C16H18N2O4S. The molecule has 0 unspecified atom stereocenters. The van der Waals surface area contributed by atoms with Crippen LogP contribution >= 0.6 is 11.8 Å². The van der Waals surface area contributed by atoms with Gasteiger partial charge in [-0.1, -0.05) is 23.9 Å². The van der Waals surface area contributed by atoms with Gasteiger partial charge in [-0.05, 0) is 30.9 Å². The van der Waals surface area contributed by atoms with Crippen LogP contribution in [0.15, 0.2) is 35.6 Å². The maximum absolute atomic E-state index is 12.0. The van der Waals surface area contributed by atoms with E-state index < -0.39 is 5.97 Å². The fourth-order valence-electron chi connectivity index (χ4n) is 1.78. The molecule has 0 spiro atoms. The van der Waals surface area contributed by atoms with E-state index in [0.29, 0.717) is 5.16 Å². The number of aromatic nitrogens is 2. The Bertz CT molecular complexity index is 662. The number of thioether (sulfide) groups is 1. The molecule has 23 heavy (non-hydrogen) atoms. The standard InChI is InChI=1S/C16H18N2O4S/c1-4-21-15(19)13-9-17-16(23-3)18-14(13)22-10-11-5-7-12(20-2)8-6-11/h5-9H,4,10H2,1-3H3. The predicted octanol–water partition coefficient (Wildman–Crippen LogP) is 2.96. The molecule has 0 saturated carbocycles. The molecule has 0 bridgehead atoms. The van der Waals surface area contributed by atoms with Crippen molar-refractivity contribution in [2.24, 2.45) is 0 Å². The lowest BCUT2D eigenvalue weighted by Crippen LogP contribution is -2.10. The van der Waals surface area contributed by atoms with Crippen LogP contribution in [-0.2, 0) is 11.3 Å². The Labute approximate surface area is 139 Å². The van der Waals surface area contributed by atoms with E-state index >= 15 is 0 Å². The average Bonchev–Trinajstić information content (AvgIpc) is 2.60. The highest BCUT2D eigenvalue weighted by molar-refractivity contribution is 7.98. The van der Waals surface area contributed by atoms with Crippen molar-refractivity contribution in [1.82, 2.24) is 9.97 Å². The molecule has 0 aliphatic carbocycles. The van der Waals surface area contributed by atoms with E-state index in [1.54, 1.807) is 14.0 Å². The summed E-state index contributed by atoms with van der Waals surface area (Å²) >= 11 is 1.37. The molecular weight excluding hydrogens is 316 g/mol. The van der Waals surface area contributed by atoms with E-state index in [1.807, 2.05) is 30.5 Å². The second kappa shape index (κ2) is 8.38. The monoisotopic (exact) mass is 334 g/mol. The summed E-state index contributed by atoms with van der Waals surface area (Å²) in [5.41, 5.74) is 1.16. The Kier molecular flexibility index (Phi) is 6.22. The van der Waals surface area contributed by atoms with Gasteiger partial charge in [-0.15, -0.1) is 0 Å². The first kappa shape index (κ1) is 17.1. The molecule has 0 aliphatic heterocycles. The third kappa shape index (κ3) is 4.59. The molecule has 6 nitrogen and oxygen atoms in total. The molecule has 2 aromatic rings. The number of rotatable bonds is 7. The number of hydrogen-bond acceptors (Lipinski definition) is 7. The lowest BCUT2D eigenvalue weighted by atomic mass is 10.2. The first-order chi connectivity index (χ1) is 11.2. The van der Waals surface area contributed by atoms with Gasteiger partial charge in [0.25, 0.3) is 0 Å². The quantitative estimate of drug-likeness (QED) is 0.438. The number of carbonyl (C=O) groups excluding carboxylic acids is 1. The number of benzene rings is 1. The zero-order valence-corrected chi connectivity index (χ0v) is 14.1. The second-order valence-corrected chi connectivity index (χ2v) is 5.21. The molecule has 1 aromatic carbocycles. The van der Waals surface area contributed by atoms with Gasteiger partial charge in [-0.3, -0.25) is 0 Å². The molecule has 2 rings (SSSR count). The van der Waals surface area contributed by atoms with Crippen LogP contribution in [0, 0.1) is 0 Å². The summed E-state index contributed by atoms with van der Waals surface area (Å²) in [6.07, 6.45) is 3.28. The summed E-state index contributed by atoms with van der Waals surface area (Å²) in [5.74, 6) is 0.496. The van der Waals surface area contributed by atoms with Gasteiger partial charge in [0.1, 0.15) is 17.9 Å². The average molecular weight is 334 g/mol. The van der Waals surface area contributed by atoms with Gasteiger partial charge in [0.05, 0.1) is 13.7 Å². The highest BCUT2D eigenvalue weighted by atomic mass is 32.2. The van der Waals surface area contributed by atoms with E-state index in [1.165, 1.54) is 18.0 Å². The molecule has 0 aliphatic rings. The first-order valence-corrected chi connectivity index (χ1v) is 8.24. The smallest absolute Gasteiger partial charge is 0.345 e. The van der Waals surface area contributed by atoms with Crippen LogP contribution in [0.25, 0.3) is 0 Å². The van der Waals surface area contributed by atoms with E-state index in [0.717, 1.165) is 11.3 Å². The number of hydrogen-bond donors (Lipinski definition) is 0. The summed E-state index contributed by atoms with van der Waals surface area (Å²) in [5, 5.41) is 0.530. The Morgan fingerprint density at radius 1 is 1.26 bits per heavy atom. The number of nitrogens with zero attached hydrogens (tertiary/aromatic N) is 2. The van der Waals surface area contributed by atoms with Crippen molar-refractivity contribution in [3.63, 3.8) is 0 Å². The number of methoxy groups -OCH3 is 1. The molecule has 0 N–H and O–H groups in total. The van der Waals surface area contributed by atoms with Crippen molar-refractivity contribution in [2.75, 3.05) is 20.0 Å². The molecule has 7 heteroatoms. The largest absolute Gasteiger partial charge is 0.497 e. The van der Waals surface area contributed by atoms with Crippen LogP contribution in [0.2, 0.25) is 0 Å². The molecule has 0 saturated heterocycles. The summed E-state index contributed by atoms with van der Waals surface area (Å²) in [7, 11) is 1.61. The molecule has 0 atom stereocenters. The van der Waals surface area contributed by atoms with Crippen LogP contribution in [0.5, 0.6) is 11.6 Å². The Hall–Kier alpha value is -2.28. The molecule has 0 radical (unpaired) electrons. The molecule has 0 amide bonds. The minimum Gasteiger partial charge on any atom is -0.497 e. The van der Waals surface area contributed by atoms with Gasteiger partial charge in [0.2, 0.25) is 5.88 Å². The highest BCUT2D eigenvalue weighted by Gasteiger charge is 2.17. The third-order valence-corrected chi connectivity index (χ3v) is 3.51. The maximum atomic E-state index is 12.0. The van der Waals surface area contributed by atoms with Gasteiger partial charge in [-0.25, -0.2) is 9.78 Å². The third-order valence-electron chi connectivity index (χ3n) is 2.94. The molecule has 1 aromatic heterocycles. The van der Waals surface area contributed by atoms with Crippen LogP contribution in [-0.4, -0.2) is 35.9 Å². The number of ether oxygens (including phenoxy) is 3. The van der Waals surface area contributed by atoms with Gasteiger partial charge in [0.15, 0.2) is 5.16 Å². The summed E-state index contributed by atoms with van der Waals surface area (Å²) in [6.45, 7) is 2.30. The SMILES string of the molecule is CCOC(=O)c1cnc(SC)nc1OCc1ccc(OC)cc1. The summed E-state index contributed by atoms with van der Waals surface area (Å²) in [6, 6.07) is 7.47. The molecule has 122 valence electrons. The predicted molar refractivity (Wildman–Crippen MR) is 87.1 cm³/mol. The van der Waals surface area contributed by atoms with Gasteiger partial charge in [-0.2, -0.15) is 4.98 Å². The highest BCUT2D eigenvalue weighted by Crippen LogP contribution is 2.21. The van der Waals surface area contributed by atoms with E-state index in [2.05, 4.69) is 9.97 Å². The van der Waals surface area contributed by atoms with Crippen molar-refractivity contribution < 1.29 is 19.0 Å². The fourth-order valence-corrected chi connectivity index (χ4v) is 2.11. The fraction of sp³-hybridized carbons (Fsp3) is 0.312. The van der Waals surface area contributed by atoms with Gasteiger partial charge >= 0.3 is 5.97 Å². The zero-order valence-electron chi connectivity index (χ0n) is 13.2. The number of carbonyl (C=O) groups is 1. The van der Waals surface area contributed by atoms with Crippen molar-refractivity contribution in [3.8, 4) is 11.6 Å². The van der Waals surface area contributed by atoms with Crippen molar-refractivity contribution >= 4 is 17.7 Å². The van der Waals surface area contributed by atoms with Crippen LogP contribution in [0.4, 0.5) is 0 Å². The minimum absolute atomic E-state index is 0.221. The molecule has 0 fully saturated rings. The van der Waals surface area contributed by atoms with E-state index in [9.17, 15) is 4.79 Å². The van der Waals surface area contributed by atoms with Crippen molar-refractivity contribution in [2.45, 2.75) is 18.7 Å². The van der Waals surface area contributed by atoms with Crippen molar-refractivity contribution in [3.05, 3.63) is 41.6 Å². The summed E-state index contributed by atoms with van der Waals surface area (Å²) in [4.78, 5) is 20.3. The van der Waals surface area contributed by atoms with E-state index in [-0.39, 0.29) is 24.7 Å². The van der Waals surface area contributed by atoms with Gasteiger partial charge in [0, 0.05) is 6.20 Å². The lowest BCUT2D eigenvalue weighted by Gasteiger charge is -2.10. The van der Waals surface area contributed by atoms with Crippen molar-refractivity contribution in [1.29, 1.82) is 0 Å². The molecule has 1 heterocycles. The minimum atomic E-state index is -0.495. The Balaban J connectivity index is 2.17. The first-order valence-electron chi connectivity index (χ1n) is 7.01. The lowest BCUT2D eigenvalue weighted by molar-refractivity contribution is 0.0519. The summed E-state index contributed by atoms with van der Waals surface area (Å²) < 4.78 is 15.8. The maximum Gasteiger partial charge on any atom is 0.345 e. The Morgan fingerprint density at radius 3 is 2.61 bits per heavy atom. The van der Waals surface area contributed by atoms with Gasteiger partial charge < -0.3 is 14.2 Å². The topological polar surface area (TPSA) is 70.5 Å². The van der Waals surface area contributed by atoms with Crippen LogP contribution in [0.3, 0.4) is 0 Å². The normalized spacial score (nSPS) is 10.2.